The fraction of sp³-hybridized carbons (Fsp3) is 0.0476. The number of hydrogen-bond donors (Lipinski definition) is 2. The summed E-state index contributed by atoms with van der Waals surface area (Å²) in [4.78, 5) is 24.8. The molecule has 0 atom stereocenters. The van der Waals surface area contributed by atoms with Crippen LogP contribution in [0, 0.1) is 6.92 Å². The van der Waals surface area contributed by atoms with E-state index in [-0.39, 0.29) is 11.8 Å². The molecule has 0 aliphatic carbocycles. The third-order valence-electron chi connectivity index (χ3n) is 3.85. The normalized spacial score (nSPS) is 10.2. The van der Waals surface area contributed by atoms with Gasteiger partial charge in [-0.05, 0) is 55.0 Å². The van der Waals surface area contributed by atoms with E-state index in [0.717, 1.165) is 5.56 Å². The number of nitrogens with one attached hydrogen (secondary N) is 2. The van der Waals surface area contributed by atoms with Gasteiger partial charge in [0.1, 0.15) is 0 Å². The molecule has 0 aromatic heterocycles. The summed E-state index contributed by atoms with van der Waals surface area (Å²) in [5.74, 6) is -0.580. The van der Waals surface area contributed by atoms with Crippen molar-refractivity contribution in [1.29, 1.82) is 0 Å². The van der Waals surface area contributed by atoms with E-state index in [1.807, 2.05) is 31.2 Å². The van der Waals surface area contributed by atoms with E-state index in [9.17, 15) is 9.59 Å². The van der Waals surface area contributed by atoms with Crippen molar-refractivity contribution in [2.75, 3.05) is 10.6 Å². The smallest absolute Gasteiger partial charge is 0.255 e. The molecule has 2 amide bonds. The Morgan fingerprint density at radius 1 is 0.731 bits per heavy atom. The largest absolute Gasteiger partial charge is 0.322 e. The molecule has 0 saturated heterocycles. The van der Waals surface area contributed by atoms with Crippen molar-refractivity contribution in [3.63, 3.8) is 0 Å². The molecule has 0 heterocycles. The lowest BCUT2D eigenvalue weighted by molar-refractivity contribution is 0.102. The number of anilines is 2. The highest BCUT2D eigenvalue weighted by Gasteiger charge is 2.11. The van der Waals surface area contributed by atoms with Crippen molar-refractivity contribution in [2.45, 2.75) is 6.92 Å². The zero-order valence-electron chi connectivity index (χ0n) is 14.1. The summed E-state index contributed by atoms with van der Waals surface area (Å²) in [5.41, 5.74) is 3.03. The second-order valence-corrected chi connectivity index (χ2v) is 6.23. The minimum atomic E-state index is -0.306. The molecule has 3 aromatic rings. The second-order valence-electron chi connectivity index (χ2n) is 5.82. The molecule has 3 rings (SSSR count). The van der Waals surface area contributed by atoms with Crippen LogP contribution in [-0.4, -0.2) is 11.8 Å². The summed E-state index contributed by atoms with van der Waals surface area (Å²) in [6.45, 7) is 1.89. The van der Waals surface area contributed by atoms with E-state index in [1.165, 1.54) is 0 Å². The van der Waals surface area contributed by atoms with Crippen molar-refractivity contribution in [1.82, 2.24) is 0 Å². The predicted molar refractivity (Wildman–Crippen MR) is 105 cm³/mol. The van der Waals surface area contributed by atoms with Crippen molar-refractivity contribution >= 4 is 34.8 Å². The molecule has 0 saturated carbocycles. The van der Waals surface area contributed by atoms with Crippen molar-refractivity contribution in [3.05, 3.63) is 94.5 Å². The van der Waals surface area contributed by atoms with Gasteiger partial charge in [0.05, 0.1) is 0 Å². The first-order chi connectivity index (χ1) is 12.5. The summed E-state index contributed by atoms with van der Waals surface area (Å²) in [5, 5.41) is 6.17. The Labute approximate surface area is 156 Å². The molecule has 0 bridgehead atoms. The molecule has 0 aliphatic rings. The summed E-state index contributed by atoms with van der Waals surface area (Å²) < 4.78 is 0. The highest BCUT2D eigenvalue weighted by Crippen LogP contribution is 2.20. The number of para-hydroxylation sites is 1. The monoisotopic (exact) mass is 364 g/mol. The number of amides is 2. The highest BCUT2D eigenvalue weighted by molar-refractivity contribution is 6.31. The fourth-order valence-corrected chi connectivity index (χ4v) is 2.58. The van der Waals surface area contributed by atoms with E-state index in [1.54, 1.807) is 48.5 Å². The quantitative estimate of drug-likeness (QED) is 0.672. The van der Waals surface area contributed by atoms with E-state index in [2.05, 4.69) is 10.6 Å². The van der Waals surface area contributed by atoms with Crippen LogP contribution in [0.5, 0.6) is 0 Å². The zero-order chi connectivity index (χ0) is 18.5. The van der Waals surface area contributed by atoms with Gasteiger partial charge in [0.25, 0.3) is 11.8 Å². The molecule has 0 spiro atoms. The van der Waals surface area contributed by atoms with Gasteiger partial charge in [0.2, 0.25) is 0 Å². The molecule has 2 N–H and O–H groups in total. The second kappa shape index (κ2) is 7.85. The molecule has 4 nitrogen and oxygen atoms in total. The first-order valence-electron chi connectivity index (χ1n) is 8.07. The average Bonchev–Trinajstić information content (AvgIpc) is 2.65. The van der Waals surface area contributed by atoms with Gasteiger partial charge in [-0.2, -0.15) is 0 Å². The molecule has 0 unspecified atom stereocenters. The van der Waals surface area contributed by atoms with Crippen LogP contribution in [0.25, 0.3) is 0 Å². The van der Waals surface area contributed by atoms with Crippen molar-refractivity contribution < 1.29 is 9.59 Å². The SMILES string of the molecule is Cc1ccc(NC(=O)c2cccc(C(=O)Nc3ccccc3)c2)cc1Cl. The minimum Gasteiger partial charge on any atom is -0.322 e. The maximum absolute atomic E-state index is 12.5. The fourth-order valence-electron chi connectivity index (χ4n) is 2.40. The third kappa shape index (κ3) is 4.29. The van der Waals surface area contributed by atoms with Crippen LogP contribution in [0.15, 0.2) is 72.8 Å². The zero-order valence-corrected chi connectivity index (χ0v) is 14.9. The Balaban J connectivity index is 1.74. The lowest BCUT2D eigenvalue weighted by atomic mass is 10.1. The minimum absolute atomic E-state index is 0.274. The standard InChI is InChI=1S/C21H17ClN2O2/c1-14-10-11-18(13-19(14)22)24-21(26)16-7-5-6-15(12-16)20(25)23-17-8-3-2-4-9-17/h2-13H,1H3,(H,23,25)(H,24,26). The van der Waals surface area contributed by atoms with Crippen LogP contribution in [0.3, 0.4) is 0 Å². The Hall–Kier alpha value is -3.11. The molecule has 26 heavy (non-hydrogen) atoms. The van der Waals surface area contributed by atoms with E-state index in [0.29, 0.717) is 27.5 Å². The maximum Gasteiger partial charge on any atom is 0.255 e. The summed E-state index contributed by atoms with van der Waals surface area (Å²) in [7, 11) is 0. The Morgan fingerprint density at radius 2 is 1.35 bits per heavy atom. The lowest BCUT2D eigenvalue weighted by Gasteiger charge is -2.09. The van der Waals surface area contributed by atoms with Gasteiger partial charge in [0.15, 0.2) is 0 Å². The van der Waals surface area contributed by atoms with Crippen LogP contribution in [-0.2, 0) is 0 Å². The third-order valence-corrected chi connectivity index (χ3v) is 4.26. The van der Waals surface area contributed by atoms with E-state index >= 15 is 0 Å². The Kier molecular flexibility index (Phi) is 5.34. The first-order valence-corrected chi connectivity index (χ1v) is 8.45. The molecular weight excluding hydrogens is 348 g/mol. The molecular formula is C21H17ClN2O2. The molecule has 130 valence electrons. The molecule has 5 heteroatoms. The number of carbonyl (C=O) groups is 2. The maximum atomic E-state index is 12.5. The lowest BCUT2D eigenvalue weighted by Crippen LogP contribution is -2.15. The first kappa shape index (κ1) is 17.7. The van der Waals surface area contributed by atoms with Crippen LogP contribution in [0.4, 0.5) is 11.4 Å². The van der Waals surface area contributed by atoms with Gasteiger partial charge in [-0.1, -0.05) is 41.9 Å². The number of carbonyl (C=O) groups excluding carboxylic acids is 2. The molecule has 3 aromatic carbocycles. The van der Waals surface area contributed by atoms with E-state index < -0.39 is 0 Å². The number of hydrogen-bond acceptors (Lipinski definition) is 2. The van der Waals surface area contributed by atoms with Crippen LogP contribution in [0.2, 0.25) is 5.02 Å². The van der Waals surface area contributed by atoms with Gasteiger partial charge in [-0.15, -0.1) is 0 Å². The predicted octanol–water partition coefficient (Wildman–Crippen LogP) is 5.15. The van der Waals surface area contributed by atoms with Crippen LogP contribution >= 0.6 is 11.6 Å². The van der Waals surface area contributed by atoms with E-state index in [4.69, 9.17) is 11.6 Å². The summed E-state index contributed by atoms with van der Waals surface area (Å²) >= 11 is 6.08. The van der Waals surface area contributed by atoms with Gasteiger partial charge in [-0.3, -0.25) is 9.59 Å². The van der Waals surface area contributed by atoms with Crippen molar-refractivity contribution in [3.8, 4) is 0 Å². The average molecular weight is 365 g/mol. The topological polar surface area (TPSA) is 58.2 Å². The van der Waals surface area contributed by atoms with Gasteiger partial charge in [0, 0.05) is 27.5 Å². The molecule has 0 aliphatic heterocycles. The van der Waals surface area contributed by atoms with Gasteiger partial charge in [-0.25, -0.2) is 0 Å². The summed E-state index contributed by atoms with van der Waals surface area (Å²) in [6, 6.07) is 21.0. The summed E-state index contributed by atoms with van der Waals surface area (Å²) in [6.07, 6.45) is 0. The Morgan fingerprint density at radius 3 is 1.96 bits per heavy atom. The van der Waals surface area contributed by atoms with Gasteiger partial charge >= 0.3 is 0 Å². The molecule has 0 radical (unpaired) electrons. The van der Waals surface area contributed by atoms with Crippen LogP contribution < -0.4 is 10.6 Å². The Bertz CT molecular complexity index is 955. The highest BCUT2D eigenvalue weighted by atomic mass is 35.5. The number of benzene rings is 3. The molecule has 0 fully saturated rings. The number of rotatable bonds is 4. The van der Waals surface area contributed by atoms with Crippen LogP contribution in [0.1, 0.15) is 26.3 Å². The number of aryl methyl sites for hydroxylation is 1. The van der Waals surface area contributed by atoms with Crippen molar-refractivity contribution in [2.24, 2.45) is 0 Å². The van der Waals surface area contributed by atoms with Gasteiger partial charge < -0.3 is 10.6 Å². The number of halogens is 1.